The average molecular weight is 327 g/mol. The molecule has 2 rings (SSSR count). The Labute approximate surface area is 137 Å². The highest BCUT2D eigenvalue weighted by atomic mass is 35.5. The molecule has 1 saturated heterocycles. The van der Waals surface area contributed by atoms with Crippen LogP contribution >= 0.6 is 12.4 Å². The summed E-state index contributed by atoms with van der Waals surface area (Å²) in [6.07, 6.45) is 1.46. The third-order valence-corrected chi connectivity index (χ3v) is 3.68. The number of methoxy groups -OCH3 is 1. The zero-order valence-electron chi connectivity index (χ0n) is 12.8. The Balaban J connectivity index is 0.00000242. The Morgan fingerprint density at radius 3 is 2.36 bits per heavy atom. The molecule has 1 aliphatic heterocycles. The maximum Gasteiger partial charge on any atom is 0.222 e. The zero-order chi connectivity index (χ0) is 15.1. The minimum absolute atomic E-state index is 0. The molecule has 1 N–H and O–H groups in total. The number of benzene rings is 1. The second-order valence-electron chi connectivity index (χ2n) is 5.14. The molecule has 22 heavy (non-hydrogen) atoms. The summed E-state index contributed by atoms with van der Waals surface area (Å²) in [6, 6.07) is 7.08. The minimum atomic E-state index is 0. The number of nitrogens with one attached hydrogen (secondary N) is 1. The van der Waals surface area contributed by atoms with Gasteiger partial charge in [0.05, 0.1) is 7.11 Å². The Bertz CT molecular complexity index is 485. The molecule has 1 aromatic rings. The highest BCUT2D eigenvalue weighted by molar-refractivity contribution is 5.96. The summed E-state index contributed by atoms with van der Waals surface area (Å²) in [5.74, 6) is 0.963. The first-order valence-corrected chi connectivity index (χ1v) is 7.36. The molecule has 0 bridgehead atoms. The molecule has 0 radical (unpaired) electrons. The molecule has 1 fully saturated rings. The van der Waals surface area contributed by atoms with E-state index in [-0.39, 0.29) is 24.1 Å². The van der Waals surface area contributed by atoms with Crippen LogP contribution in [0.3, 0.4) is 0 Å². The van der Waals surface area contributed by atoms with Crippen LogP contribution in [0.4, 0.5) is 0 Å². The average Bonchev–Trinajstić information content (AvgIpc) is 2.55. The van der Waals surface area contributed by atoms with E-state index in [1.165, 1.54) is 0 Å². The molecule has 0 spiro atoms. The van der Waals surface area contributed by atoms with Gasteiger partial charge in [-0.1, -0.05) is 0 Å². The summed E-state index contributed by atoms with van der Waals surface area (Å²) < 4.78 is 5.06. The maximum absolute atomic E-state index is 12.0. The summed E-state index contributed by atoms with van der Waals surface area (Å²) in [6.45, 7) is 3.25. The molecule has 0 aliphatic carbocycles. The molecule has 0 aromatic heterocycles. The van der Waals surface area contributed by atoms with E-state index in [0.717, 1.165) is 31.9 Å². The van der Waals surface area contributed by atoms with Gasteiger partial charge >= 0.3 is 0 Å². The summed E-state index contributed by atoms with van der Waals surface area (Å²) in [5.41, 5.74) is 0.672. The number of nitrogens with zero attached hydrogens (tertiary/aromatic N) is 1. The second kappa shape index (κ2) is 9.43. The third-order valence-electron chi connectivity index (χ3n) is 3.68. The standard InChI is InChI=1S/C16H22N2O3.ClH/c1-21-14-7-5-13(6-8-14)15(19)3-2-4-16(20)18-11-9-17-10-12-18;/h5-8,17H,2-4,9-12H2,1H3;1H. The number of amides is 1. The molecule has 1 aliphatic rings. The van der Waals surface area contributed by atoms with Gasteiger partial charge in [-0.2, -0.15) is 0 Å². The van der Waals surface area contributed by atoms with Crippen molar-refractivity contribution in [3.8, 4) is 5.75 Å². The van der Waals surface area contributed by atoms with E-state index in [9.17, 15) is 9.59 Å². The van der Waals surface area contributed by atoms with Gasteiger partial charge in [0.2, 0.25) is 5.91 Å². The number of piperazine rings is 1. The third kappa shape index (κ3) is 5.31. The molecule has 1 aromatic carbocycles. The Morgan fingerprint density at radius 2 is 1.77 bits per heavy atom. The Morgan fingerprint density at radius 1 is 1.14 bits per heavy atom. The first kappa shape index (κ1) is 18.5. The quantitative estimate of drug-likeness (QED) is 0.811. The van der Waals surface area contributed by atoms with Crippen molar-refractivity contribution in [1.82, 2.24) is 10.2 Å². The van der Waals surface area contributed by atoms with E-state index >= 15 is 0 Å². The lowest BCUT2D eigenvalue weighted by molar-refractivity contribution is -0.131. The van der Waals surface area contributed by atoms with Crippen molar-refractivity contribution in [3.63, 3.8) is 0 Å². The van der Waals surface area contributed by atoms with Crippen molar-refractivity contribution in [3.05, 3.63) is 29.8 Å². The number of hydrogen-bond donors (Lipinski definition) is 1. The number of ether oxygens (including phenoxy) is 1. The van der Waals surface area contributed by atoms with Crippen molar-refractivity contribution in [2.24, 2.45) is 0 Å². The number of halogens is 1. The summed E-state index contributed by atoms with van der Waals surface area (Å²) in [7, 11) is 1.60. The van der Waals surface area contributed by atoms with Crippen molar-refractivity contribution in [2.45, 2.75) is 19.3 Å². The van der Waals surface area contributed by atoms with Gasteiger partial charge in [0.25, 0.3) is 0 Å². The lowest BCUT2D eigenvalue weighted by Gasteiger charge is -2.27. The summed E-state index contributed by atoms with van der Waals surface area (Å²) in [4.78, 5) is 25.9. The Kier molecular flexibility index (Phi) is 7.91. The van der Waals surface area contributed by atoms with E-state index in [1.807, 2.05) is 4.90 Å². The SMILES string of the molecule is COc1ccc(C(=O)CCCC(=O)N2CCNCC2)cc1.Cl. The summed E-state index contributed by atoms with van der Waals surface area (Å²) >= 11 is 0. The van der Waals surface area contributed by atoms with Crippen LogP contribution in [0.25, 0.3) is 0 Å². The fraction of sp³-hybridized carbons (Fsp3) is 0.500. The van der Waals surface area contributed by atoms with E-state index < -0.39 is 0 Å². The highest BCUT2D eigenvalue weighted by Gasteiger charge is 2.16. The van der Waals surface area contributed by atoms with E-state index in [0.29, 0.717) is 24.8 Å². The number of rotatable bonds is 6. The van der Waals surface area contributed by atoms with Gasteiger partial charge in [-0.3, -0.25) is 9.59 Å². The fourth-order valence-electron chi connectivity index (χ4n) is 2.39. The number of ketones is 1. The summed E-state index contributed by atoms with van der Waals surface area (Å²) in [5, 5.41) is 3.22. The first-order valence-electron chi connectivity index (χ1n) is 7.36. The van der Waals surface area contributed by atoms with Crippen LogP contribution in [-0.4, -0.2) is 49.9 Å². The van der Waals surface area contributed by atoms with Crippen LogP contribution in [0.5, 0.6) is 5.75 Å². The van der Waals surface area contributed by atoms with Gasteiger partial charge in [0.1, 0.15) is 5.75 Å². The first-order chi connectivity index (χ1) is 10.2. The predicted octanol–water partition coefficient (Wildman–Crippen LogP) is 1.90. The van der Waals surface area contributed by atoms with Gasteiger partial charge in [0.15, 0.2) is 5.78 Å². The molecule has 0 saturated carbocycles. The topological polar surface area (TPSA) is 58.6 Å². The van der Waals surface area contributed by atoms with Gasteiger partial charge in [-0.25, -0.2) is 0 Å². The van der Waals surface area contributed by atoms with Crippen LogP contribution in [-0.2, 0) is 4.79 Å². The van der Waals surface area contributed by atoms with Crippen molar-refractivity contribution >= 4 is 24.1 Å². The molecular weight excluding hydrogens is 304 g/mol. The Hall–Kier alpha value is -1.59. The van der Waals surface area contributed by atoms with Crippen LogP contribution < -0.4 is 10.1 Å². The van der Waals surface area contributed by atoms with E-state index in [2.05, 4.69) is 5.32 Å². The fourth-order valence-corrected chi connectivity index (χ4v) is 2.39. The molecule has 1 amide bonds. The van der Waals surface area contributed by atoms with Gasteiger partial charge in [0, 0.05) is 44.6 Å². The lowest BCUT2D eigenvalue weighted by atomic mass is 10.0. The molecule has 0 atom stereocenters. The van der Waals surface area contributed by atoms with E-state index in [1.54, 1.807) is 31.4 Å². The van der Waals surface area contributed by atoms with Crippen molar-refractivity contribution in [2.75, 3.05) is 33.3 Å². The van der Waals surface area contributed by atoms with Crippen LogP contribution in [0.1, 0.15) is 29.6 Å². The monoisotopic (exact) mass is 326 g/mol. The smallest absolute Gasteiger partial charge is 0.222 e. The van der Waals surface area contributed by atoms with Gasteiger partial charge in [-0.15, -0.1) is 12.4 Å². The number of hydrogen-bond acceptors (Lipinski definition) is 4. The molecule has 6 heteroatoms. The number of carbonyl (C=O) groups is 2. The van der Waals surface area contributed by atoms with Crippen LogP contribution in [0.2, 0.25) is 0 Å². The molecule has 122 valence electrons. The lowest BCUT2D eigenvalue weighted by Crippen LogP contribution is -2.46. The molecule has 5 nitrogen and oxygen atoms in total. The second-order valence-corrected chi connectivity index (χ2v) is 5.14. The van der Waals surface area contributed by atoms with Gasteiger partial charge in [-0.05, 0) is 30.7 Å². The highest BCUT2D eigenvalue weighted by Crippen LogP contribution is 2.14. The van der Waals surface area contributed by atoms with Crippen LogP contribution in [0, 0.1) is 0 Å². The normalized spacial score (nSPS) is 14.1. The maximum atomic E-state index is 12.0. The van der Waals surface area contributed by atoms with E-state index in [4.69, 9.17) is 4.74 Å². The zero-order valence-corrected chi connectivity index (χ0v) is 13.7. The minimum Gasteiger partial charge on any atom is -0.497 e. The van der Waals surface area contributed by atoms with Gasteiger partial charge < -0.3 is 15.0 Å². The predicted molar refractivity (Wildman–Crippen MR) is 87.9 cm³/mol. The molecular formula is C16H23ClN2O3. The van der Waals surface area contributed by atoms with Crippen molar-refractivity contribution < 1.29 is 14.3 Å². The molecule has 0 unspecified atom stereocenters. The molecule has 1 heterocycles. The van der Waals surface area contributed by atoms with Crippen LogP contribution in [0.15, 0.2) is 24.3 Å². The van der Waals surface area contributed by atoms with Crippen molar-refractivity contribution in [1.29, 1.82) is 0 Å². The largest absolute Gasteiger partial charge is 0.497 e. The number of Topliss-reactive ketones (excluding diaryl/α,β-unsaturated/α-hetero) is 1. The number of carbonyl (C=O) groups excluding carboxylic acids is 2.